The Morgan fingerprint density at radius 3 is 2.59 bits per heavy atom. The summed E-state index contributed by atoms with van der Waals surface area (Å²) in [5.41, 5.74) is -0.588. The zero-order chi connectivity index (χ0) is 24.4. The molecule has 4 atom stereocenters. The van der Waals surface area contributed by atoms with Gasteiger partial charge in [-0.25, -0.2) is 0 Å². The third kappa shape index (κ3) is 3.04. The molecule has 1 aromatic rings. The lowest BCUT2D eigenvalue weighted by Gasteiger charge is -2.51. The van der Waals surface area contributed by atoms with E-state index in [0.717, 1.165) is 10.5 Å². The van der Waals surface area contributed by atoms with E-state index in [1.807, 2.05) is 13.0 Å². The summed E-state index contributed by atoms with van der Waals surface area (Å²) < 4.78 is 0. The average Bonchev–Trinajstić information content (AvgIpc) is 3.36. The number of nitrogens with one attached hydrogen (secondary N) is 6. The van der Waals surface area contributed by atoms with Crippen molar-refractivity contribution in [1.29, 1.82) is 10.8 Å². The van der Waals surface area contributed by atoms with Crippen LogP contribution < -0.4 is 21.3 Å². The standard InChI is InChI=1S/C21H26N8O5/c1-10-3-2-4-11(7-10)17(32)25-13-9-29-19(23)24-12(8-28-14(30)5-6-15(28)31)16-20(29,21(13,33)34)27-18(22)26-16/h2-4,7,12-13,16,33-34H,5-6,8-9H2,1H3,(H2,23,24)(H,25,32)(H3,22,26,27)/t12?,13?,16-,20-/m0/s1. The maximum absolute atomic E-state index is 12.9. The highest BCUT2D eigenvalue weighted by molar-refractivity contribution is 6.02. The quantitative estimate of drug-likeness (QED) is 0.171. The Labute approximate surface area is 194 Å². The van der Waals surface area contributed by atoms with Crippen molar-refractivity contribution in [3.05, 3.63) is 35.4 Å². The van der Waals surface area contributed by atoms with Gasteiger partial charge in [-0.2, -0.15) is 0 Å². The largest absolute Gasteiger partial charge is 0.361 e. The molecule has 34 heavy (non-hydrogen) atoms. The number of nitrogens with zero attached hydrogens (tertiary/aromatic N) is 2. The van der Waals surface area contributed by atoms with Crippen LogP contribution in [0.3, 0.4) is 0 Å². The number of amides is 3. The van der Waals surface area contributed by atoms with E-state index in [2.05, 4.69) is 21.3 Å². The van der Waals surface area contributed by atoms with E-state index in [9.17, 15) is 24.6 Å². The Morgan fingerprint density at radius 2 is 1.91 bits per heavy atom. The van der Waals surface area contributed by atoms with Crippen LogP contribution in [0.4, 0.5) is 0 Å². The van der Waals surface area contributed by atoms with E-state index in [4.69, 9.17) is 10.8 Å². The van der Waals surface area contributed by atoms with Crippen LogP contribution >= 0.6 is 0 Å². The first-order valence-electron chi connectivity index (χ1n) is 11.0. The van der Waals surface area contributed by atoms with Gasteiger partial charge in [-0.15, -0.1) is 0 Å². The number of rotatable bonds is 4. The summed E-state index contributed by atoms with van der Waals surface area (Å²) >= 11 is 0. The van der Waals surface area contributed by atoms with Crippen molar-refractivity contribution >= 4 is 29.6 Å². The summed E-state index contributed by atoms with van der Waals surface area (Å²) in [6.07, 6.45) is 0.201. The van der Waals surface area contributed by atoms with Gasteiger partial charge in [0.05, 0.1) is 18.6 Å². The minimum Gasteiger partial charge on any atom is -0.361 e. The van der Waals surface area contributed by atoms with Gasteiger partial charge in [0.15, 0.2) is 17.6 Å². The number of carbonyl (C=O) groups excluding carboxylic acids is 3. The molecule has 3 amide bonds. The SMILES string of the molecule is Cc1cccc(C(=O)NC2CN3C(=N)NC(CN4C(=O)CCC4=O)[C@@H]4NC(=N)N[C@@]43C2(O)O)c1. The molecule has 4 fully saturated rings. The van der Waals surface area contributed by atoms with Crippen LogP contribution in [0, 0.1) is 17.7 Å². The summed E-state index contributed by atoms with van der Waals surface area (Å²) in [6.45, 7) is 1.59. The van der Waals surface area contributed by atoms with Crippen LogP contribution in [0.2, 0.25) is 0 Å². The van der Waals surface area contributed by atoms with Crippen molar-refractivity contribution in [2.24, 2.45) is 0 Å². The third-order valence-electron chi connectivity index (χ3n) is 7.02. The summed E-state index contributed by atoms with van der Waals surface area (Å²) in [4.78, 5) is 39.6. The molecular weight excluding hydrogens is 444 g/mol. The fourth-order valence-corrected chi connectivity index (χ4v) is 5.38. The van der Waals surface area contributed by atoms with Crippen LogP contribution in [-0.4, -0.2) is 92.3 Å². The zero-order valence-electron chi connectivity index (χ0n) is 18.4. The number of aryl methyl sites for hydroxylation is 1. The highest BCUT2D eigenvalue weighted by Gasteiger charge is 2.74. The van der Waals surface area contributed by atoms with Gasteiger partial charge in [0.25, 0.3) is 5.91 Å². The minimum atomic E-state index is -2.63. The van der Waals surface area contributed by atoms with Gasteiger partial charge in [0.1, 0.15) is 6.04 Å². The molecule has 4 aliphatic heterocycles. The van der Waals surface area contributed by atoms with Gasteiger partial charge < -0.3 is 36.4 Å². The molecule has 0 aromatic heterocycles. The number of hydrogen-bond donors (Lipinski definition) is 8. The number of likely N-dealkylation sites (tertiary alicyclic amines) is 1. The van der Waals surface area contributed by atoms with Gasteiger partial charge >= 0.3 is 0 Å². The third-order valence-corrected chi connectivity index (χ3v) is 7.02. The second-order valence-electron chi connectivity index (χ2n) is 9.12. The molecule has 13 nitrogen and oxygen atoms in total. The molecule has 8 N–H and O–H groups in total. The Bertz CT molecular complexity index is 1110. The average molecular weight is 470 g/mol. The highest BCUT2D eigenvalue weighted by atomic mass is 16.5. The predicted molar refractivity (Wildman–Crippen MR) is 117 cm³/mol. The molecule has 4 aliphatic rings. The second kappa shape index (κ2) is 7.40. The molecular formula is C21H26N8O5. The Kier molecular flexibility index (Phi) is 4.81. The van der Waals surface area contributed by atoms with E-state index in [0.29, 0.717) is 5.56 Å². The Balaban J connectivity index is 1.46. The topological polar surface area (TPSA) is 194 Å². The zero-order valence-corrected chi connectivity index (χ0v) is 18.4. The number of aliphatic hydroxyl groups is 2. The normalized spacial score (nSPS) is 31.6. The summed E-state index contributed by atoms with van der Waals surface area (Å²) in [7, 11) is 0. The smallest absolute Gasteiger partial charge is 0.251 e. The Hall–Kier alpha value is -3.71. The summed E-state index contributed by atoms with van der Waals surface area (Å²) in [6, 6.07) is 3.89. The van der Waals surface area contributed by atoms with Crippen LogP contribution in [-0.2, 0) is 9.59 Å². The van der Waals surface area contributed by atoms with Gasteiger partial charge in [-0.05, 0) is 19.1 Å². The van der Waals surface area contributed by atoms with E-state index in [1.54, 1.807) is 18.2 Å². The molecule has 1 spiro atoms. The molecule has 13 heteroatoms. The fraction of sp³-hybridized carbons (Fsp3) is 0.476. The molecule has 4 saturated heterocycles. The number of carbonyl (C=O) groups is 3. The van der Waals surface area contributed by atoms with Crippen LogP contribution in [0.5, 0.6) is 0 Å². The van der Waals surface area contributed by atoms with Crippen molar-refractivity contribution in [3.63, 3.8) is 0 Å². The monoisotopic (exact) mass is 470 g/mol. The molecule has 0 radical (unpaired) electrons. The maximum atomic E-state index is 12.9. The molecule has 4 heterocycles. The first-order chi connectivity index (χ1) is 16.0. The molecule has 1 aromatic carbocycles. The second-order valence-corrected chi connectivity index (χ2v) is 9.12. The van der Waals surface area contributed by atoms with E-state index in [-0.39, 0.29) is 49.7 Å². The lowest BCUT2D eigenvalue weighted by Crippen LogP contribution is -2.81. The first-order valence-corrected chi connectivity index (χ1v) is 11.0. The number of hydrogen-bond acceptors (Lipinski definition) is 7. The maximum Gasteiger partial charge on any atom is 0.251 e. The molecule has 0 bridgehead atoms. The minimum absolute atomic E-state index is 0.101. The molecule has 0 saturated carbocycles. The molecule has 5 rings (SSSR count). The summed E-state index contributed by atoms with van der Waals surface area (Å²) in [5, 5.41) is 50.7. The predicted octanol–water partition coefficient (Wildman–Crippen LogP) is -2.66. The van der Waals surface area contributed by atoms with Gasteiger partial charge in [0, 0.05) is 24.9 Å². The first kappa shape index (κ1) is 22.1. The molecule has 0 aliphatic carbocycles. The van der Waals surface area contributed by atoms with Crippen molar-refractivity contribution in [3.8, 4) is 0 Å². The molecule has 180 valence electrons. The van der Waals surface area contributed by atoms with Crippen molar-refractivity contribution < 1.29 is 24.6 Å². The van der Waals surface area contributed by atoms with Crippen LogP contribution in [0.15, 0.2) is 24.3 Å². The van der Waals surface area contributed by atoms with E-state index in [1.165, 1.54) is 4.90 Å². The van der Waals surface area contributed by atoms with Crippen molar-refractivity contribution in [2.45, 2.75) is 49.3 Å². The lowest BCUT2D eigenvalue weighted by molar-refractivity contribution is -0.232. The van der Waals surface area contributed by atoms with Gasteiger partial charge in [0.2, 0.25) is 17.6 Å². The summed E-state index contributed by atoms with van der Waals surface area (Å²) in [5.74, 6) is -4.23. The molecule has 2 unspecified atom stereocenters. The highest BCUT2D eigenvalue weighted by Crippen LogP contribution is 2.43. The van der Waals surface area contributed by atoms with Gasteiger partial charge in [-0.1, -0.05) is 17.7 Å². The number of imide groups is 1. The van der Waals surface area contributed by atoms with E-state index < -0.39 is 35.5 Å². The van der Waals surface area contributed by atoms with Crippen LogP contribution in [0.25, 0.3) is 0 Å². The fourth-order valence-electron chi connectivity index (χ4n) is 5.38. The van der Waals surface area contributed by atoms with Crippen molar-refractivity contribution in [2.75, 3.05) is 13.1 Å². The van der Waals surface area contributed by atoms with Crippen molar-refractivity contribution in [1.82, 2.24) is 31.1 Å². The van der Waals surface area contributed by atoms with E-state index >= 15 is 0 Å². The Morgan fingerprint density at radius 1 is 1.21 bits per heavy atom. The lowest BCUT2D eigenvalue weighted by atomic mass is 9.84. The van der Waals surface area contributed by atoms with Crippen LogP contribution in [0.1, 0.15) is 28.8 Å². The number of guanidine groups is 2. The van der Waals surface area contributed by atoms with Gasteiger partial charge in [-0.3, -0.25) is 30.1 Å². The number of benzene rings is 1.